The summed E-state index contributed by atoms with van der Waals surface area (Å²) in [5.41, 5.74) is -1.16. The van der Waals surface area contributed by atoms with Gasteiger partial charge < -0.3 is 19.3 Å². The average molecular weight is 515 g/mol. The van der Waals surface area contributed by atoms with Crippen LogP contribution in [0.5, 0.6) is 11.6 Å². The highest BCUT2D eigenvalue weighted by atomic mass is 35.5. The molecule has 1 N–H and O–H groups in total. The molecule has 1 aromatic carbocycles. The van der Waals surface area contributed by atoms with Gasteiger partial charge >= 0.3 is 18.0 Å². The van der Waals surface area contributed by atoms with E-state index in [1.165, 1.54) is 23.1 Å². The number of carboxylic acids is 1. The molecule has 0 bridgehead atoms. The summed E-state index contributed by atoms with van der Waals surface area (Å²) in [4.78, 5) is 38.4. The van der Waals surface area contributed by atoms with Gasteiger partial charge in [-0.25, -0.2) is 14.4 Å². The Bertz CT molecular complexity index is 1080. The molecule has 1 amide bonds. The topological polar surface area (TPSA) is 133 Å². The molecule has 0 saturated carbocycles. The Morgan fingerprint density at radius 2 is 1.91 bits per heavy atom. The van der Waals surface area contributed by atoms with Crippen LogP contribution in [0.15, 0.2) is 18.2 Å². The summed E-state index contributed by atoms with van der Waals surface area (Å²) < 4.78 is 17.0. The van der Waals surface area contributed by atoms with E-state index in [0.29, 0.717) is 18.0 Å². The van der Waals surface area contributed by atoms with Crippen LogP contribution in [0.2, 0.25) is 10.0 Å². The second kappa shape index (κ2) is 10.5. The van der Waals surface area contributed by atoms with Crippen molar-refractivity contribution in [3.05, 3.63) is 33.9 Å². The van der Waals surface area contributed by atoms with Gasteiger partial charge in [-0.3, -0.25) is 4.90 Å². The highest BCUT2D eigenvalue weighted by molar-refractivity contribution is 6.42. The molecule has 1 unspecified atom stereocenters. The summed E-state index contributed by atoms with van der Waals surface area (Å²) in [6.07, 6.45) is 1.24. The maximum absolute atomic E-state index is 12.8. The number of esters is 1. The first kappa shape index (κ1) is 25.6. The summed E-state index contributed by atoms with van der Waals surface area (Å²) in [5.74, 6) is -2.24. The molecule has 184 valence electrons. The Hall–Kier alpha value is -3.05. The van der Waals surface area contributed by atoms with Gasteiger partial charge in [0.05, 0.1) is 10.0 Å². The zero-order chi connectivity index (χ0) is 25.0. The molecule has 0 radical (unpaired) electrons. The van der Waals surface area contributed by atoms with Crippen molar-refractivity contribution in [1.29, 1.82) is 0 Å². The molecule has 2 aromatic rings. The molecule has 1 fully saturated rings. The van der Waals surface area contributed by atoms with E-state index in [9.17, 15) is 19.5 Å². The molecule has 13 heteroatoms. The fourth-order valence-electron chi connectivity index (χ4n) is 3.25. The minimum absolute atomic E-state index is 0.191. The standard InChI is InChI=1S/C21H24Cl2N4O7/c1-21(2,3)34-20(31)26-9-5-4-6-15(26)19(30)32-11-27-16(18(28)29)17(24-25-27)33-12-7-8-13(22)14(23)10-12/h7-8,10,15H,4-6,9,11H2,1-3H3,(H,28,29). The number of aromatic carboxylic acids is 1. The maximum atomic E-state index is 12.8. The fraction of sp³-hybridized carbons (Fsp3) is 0.476. The Morgan fingerprint density at radius 1 is 1.18 bits per heavy atom. The van der Waals surface area contributed by atoms with Crippen LogP contribution in [0.4, 0.5) is 4.79 Å². The molecule has 2 heterocycles. The molecule has 0 spiro atoms. The molecule has 1 aromatic heterocycles. The van der Waals surface area contributed by atoms with Gasteiger partial charge in [0.2, 0.25) is 5.69 Å². The first-order chi connectivity index (χ1) is 16.0. The number of carboxylic acid groups (broad SMARTS) is 1. The van der Waals surface area contributed by atoms with Gasteiger partial charge in [0, 0.05) is 12.6 Å². The van der Waals surface area contributed by atoms with Crippen LogP contribution in [0.3, 0.4) is 0 Å². The van der Waals surface area contributed by atoms with E-state index in [-0.39, 0.29) is 16.7 Å². The van der Waals surface area contributed by atoms with E-state index in [1.807, 2.05) is 0 Å². The van der Waals surface area contributed by atoms with Crippen LogP contribution in [0, 0.1) is 0 Å². The predicted octanol–water partition coefficient (Wildman–Crippen LogP) is 4.37. The lowest BCUT2D eigenvalue weighted by Gasteiger charge is -2.35. The number of amides is 1. The zero-order valence-electron chi connectivity index (χ0n) is 18.8. The number of hydrogen-bond donors (Lipinski definition) is 1. The average Bonchev–Trinajstić information content (AvgIpc) is 3.16. The van der Waals surface area contributed by atoms with Crippen LogP contribution in [0.1, 0.15) is 50.5 Å². The number of aromatic nitrogens is 3. The van der Waals surface area contributed by atoms with Gasteiger partial charge in [-0.2, -0.15) is 4.68 Å². The third-order valence-corrected chi connectivity index (χ3v) is 5.48. The first-order valence-corrected chi connectivity index (χ1v) is 11.2. The maximum Gasteiger partial charge on any atom is 0.411 e. The summed E-state index contributed by atoms with van der Waals surface area (Å²) in [6, 6.07) is 3.50. The minimum Gasteiger partial charge on any atom is -0.476 e. The number of carbonyl (C=O) groups is 3. The van der Waals surface area contributed by atoms with Crippen molar-refractivity contribution in [2.45, 2.75) is 58.4 Å². The smallest absolute Gasteiger partial charge is 0.411 e. The third kappa shape index (κ3) is 6.29. The molecule has 3 rings (SSSR count). The summed E-state index contributed by atoms with van der Waals surface area (Å²) in [5, 5.41) is 17.5. The van der Waals surface area contributed by atoms with Gasteiger partial charge in [-0.1, -0.05) is 33.5 Å². The second-order valence-corrected chi connectivity index (χ2v) is 9.32. The van der Waals surface area contributed by atoms with Gasteiger partial charge in [-0.05, 0) is 52.2 Å². The largest absolute Gasteiger partial charge is 0.476 e. The van der Waals surface area contributed by atoms with Crippen molar-refractivity contribution in [2.24, 2.45) is 0 Å². The molecule has 11 nitrogen and oxygen atoms in total. The van der Waals surface area contributed by atoms with E-state index in [1.54, 1.807) is 20.8 Å². The molecule has 1 atom stereocenters. The number of carbonyl (C=O) groups excluding carboxylic acids is 2. The van der Waals surface area contributed by atoms with E-state index in [0.717, 1.165) is 17.5 Å². The van der Waals surface area contributed by atoms with Crippen molar-refractivity contribution in [3.63, 3.8) is 0 Å². The number of rotatable bonds is 6. The highest BCUT2D eigenvalue weighted by Crippen LogP contribution is 2.30. The summed E-state index contributed by atoms with van der Waals surface area (Å²) in [6.45, 7) is 5.00. The third-order valence-electron chi connectivity index (χ3n) is 4.74. The van der Waals surface area contributed by atoms with E-state index < -0.39 is 42.1 Å². The summed E-state index contributed by atoms with van der Waals surface area (Å²) in [7, 11) is 0. The van der Waals surface area contributed by atoms with Crippen LogP contribution in [0.25, 0.3) is 0 Å². The Morgan fingerprint density at radius 3 is 2.56 bits per heavy atom. The van der Waals surface area contributed by atoms with E-state index >= 15 is 0 Å². The van der Waals surface area contributed by atoms with Gasteiger partial charge in [-0.15, -0.1) is 0 Å². The lowest BCUT2D eigenvalue weighted by molar-refractivity contribution is -0.155. The number of nitrogens with zero attached hydrogens (tertiary/aromatic N) is 4. The molecule has 1 aliphatic rings. The number of benzene rings is 1. The predicted molar refractivity (Wildman–Crippen MR) is 120 cm³/mol. The normalized spacial score (nSPS) is 16.1. The van der Waals surface area contributed by atoms with Gasteiger partial charge in [0.25, 0.3) is 5.88 Å². The SMILES string of the molecule is CC(C)(C)OC(=O)N1CCCCC1C(=O)OCn1nnc(Oc2ccc(Cl)c(Cl)c2)c1C(=O)O. The molecule has 0 aliphatic carbocycles. The van der Waals surface area contributed by atoms with Gasteiger partial charge in [0.15, 0.2) is 6.73 Å². The van der Waals surface area contributed by atoms with Crippen LogP contribution < -0.4 is 4.74 Å². The van der Waals surface area contributed by atoms with Crippen molar-refractivity contribution in [2.75, 3.05) is 6.54 Å². The van der Waals surface area contributed by atoms with Crippen molar-refractivity contribution >= 4 is 41.2 Å². The Balaban J connectivity index is 1.71. The summed E-state index contributed by atoms with van der Waals surface area (Å²) >= 11 is 11.8. The highest BCUT2D eigenvalue weighted by Gasteiger charge is 2.36. The van der Waals surface area contributed by atoms with E-state index in [2.05, 4.69) is 10.3 Å². The molecular weight excluding hydrogens is 491 g/mol. The van der Waals surface area contributed by atoms with Crippen LogP contribution >= 0.6 is 23.2 Å². The number of piperidine rings is 1. The number of hydrogen-bond acceptors (Lipinski definition) is 8. The molecule has 1 aliphatic heterocycles. The Labute approximate surface area is 205 Å². The van der Waals surface area contributed by atoms with Crippen LogP contribution in [-0.2, 0) is 21.0 Å². The number of ether oxygens (including phenoxy) is 3. The van der Waals surface area contributed by atoms with Crippen LogP contribution in [-0.4, -0.2) is 61.2 Å². The number of halogens is 2. The zero-order valence-corrected chi connectivity index (χ0v) is 20.3. The number of likely N-dealkylation sites (tertiary alicyclic amines) is 1. The minimum atomic E-state index is -1.40. The lowest BCUT2D eigenvalue weighted by Crippen LogP contribution is -2.50. The molecule has 1 saturated heterocycles. The molecule has 34 heavy (non-hydrogen) atoms. The van der Waals surface area contributed by atoms with Crippen molar-refractivity contribution in [1.82, 2.24) is 19.9 Å². The second-order valence-electron chi connectivity index (χ2n) is 8.50. The first-order valence-electron chi connectivity index (χ1n) is 10.4. The fourth-order valence-corrected chi connectivity index (χ4v) is 3.53. The Kier molecular flexibility index (Phi) is 7.88. The van der Waals surface area contributed by atoms with Gasteiger partial charge in [0.1, 0.15) is 17.4 Å². The lowest BCUT2D eigenvalue weighted by atomic mass is 10.0. The quantitative estimate of drug-likeness (QED) is 0.557. The molecular formula is C21H24Cl2N4O7. The van der Waals surface area contributed by atoms with E-state index in [4.69, 9.17) is 37.4 Å². The monoisotopic (exact) mass is 514 g/mol. The van der Waals surface area contributed by atoms with Crippen molar-refractivity contribution < 1.29 is 33.7 Å². The van der Waals surface area contributed by atoms with Crippen molar-refractivity contribution in [3.8, 4) is 11.6 Å².